The molecule has 0 amide bonds. The van der Waals surface area contributed by atoms with Crippen LogP contribution in [0, 0.1) is 0 Å². The minimum atomic E-state index is 0.0494. The maximum atomic E-state index is 5.99. The molecule has 1 fully saturated rings. The molecule has 162 valence electrons. The van der Waals surface area contributed by atoms with E-state index >= 15 is 0 Å². The van der Waals surface area contributed by atoms with Gasteiger partial charge in [0.25, 0.3) is 0 Å². The molecule has 1 saturated heterocycles. The van der Waals surface area contributed by atoms with Gasteiger partial charge in [0.2, 0.25) is 0 Å². The number of piperidine rings is 1. The van der Waals surface area contributed by atoms with Crippen LogP contribution in [-0.4, -0.2) is 36.6 Å². The van der Waals surface area contributed by atoms with Crippen LogP contribution in [0.4, 0.5) is 11.5 Å². The molecule has 2 aliphatic rings. The monoisotopic (exact) mass is 416 g/mol. The molecule has 1 spiro atoms. The molecule has 0 bridgehead atoms. The Labute approximate surface area is 185 Å². The number of ether oxygens (including phenoxy) is 1. The van der Waals surface area contributed by atoms with Crippen LogP contribution in [0.25, 0.3) is 0 Å². The van der Waals surface area contributed by atoms with E-state index in [9.17, 15) is 0 Å². The van der Waals surface area contributed by atoms with Crippen molar-refractivity contribution >= 4 is 11.5 Å². The largest absolute Gasteiger partial charge is 0.497 e. The first kappa shape index (κ1) is 21.2. The van der Waals surface area contributed by atoms with Crippen molar-refractivity contribution in [2.75, 3.05) is 37.4 Å². The average Bonchev–Trinajstić information content (AvgIpc) is 3.09. The number of allylic oxidation sites excluding steroid dienone is 2. The van der Waals surface area contributed by atoms with Crippen LogP contribution in [0.5, 0.6) is 0 Å². The van der Waals surface area contributed by atoms with Crippen molar-refractivity contribution < 1.29 is 4.74 Å². The van der Waals surface area contributed by atoms with E-state index in [1.807, 2.05) is 18.2 Å². The standard InChI is InChI=1S/C26H32N4O/c1-4-21(10-9-20(2)31-3)18-30-19-22-7-5-6-8-24(22)26(30)12-15-29(16-13-26)25-17-23(27)11-14-28-25/h4-11,14,17H,2,12-13,15-16,18-19H2,1,3H3,(H2,27,28)/b10-9-,21-4+. The van der Waals surface area contributed by atoms with Gasteiger partial charge < -0.3 is 15.4 Å². The molecule has 0 aliphatic carbocycles. The summed E-state index contributed by atoms with van der Waals surface area (Å²) in [5, 5.41) is 0. The van der Waals surface area contributed by atoms with Crippen LogP contribution in [0.2, 0.25) is 0 Å². The molecule has 5 nitrogen and oxygen atoms in total. The first-order valence-electron chi connectivity index (χ1n) is 10.9. The molecule has 0 atom stereocenters. The SMILES string of the molecule is C=C(/C=C\C(=C/C)CN1Cc2ccccc2C12CCN(c1cc(N)ccn1)CC2)OC. The van der Waals surface area contributed by atoms with Crippen LogP contribution in [0.15, 0.2) is 78.7 Å². The minimum absolute atomic E-state index is 0.0494. The second-order valence-electron chi connectivity index (χ2n) is 8.35. The lowest BCUT2D eigenvalue weighted by Gasteiger charge is -2.46. The summed E-state index contributed by atoms with van der Waals surface area (Å²) in [5.41, 5.74) is 11.0. The number of aromatic nitrogens is 1. The fraction of sp³-hybridized carbons (Fsp3) is 0.346. The summed E-state index contributed by atoms with van der Waals surface area (Å²) in [6.45, 7) is 9.79. The molecular formula is C26H32N4O. The van der Waals surface area contributed by atoms with Gasteiger partial charge >= 0.3 is 0 Å². The van der Waals surface area contributed by atoms with Gasteiger partial charge in [-0.05, 0) is 48.6 Å². The third-order valence-electron chi connectivity index (χ3n) is 6.66. The van der Waals surface area contributed by atoms with Crippen molar-refractivity contribution in [3.8, 4) is 0 Å². The quantitative estimate of drug-likeness (QED) is 0.549. The highest BCUT2D eigenvalue weighted by molar-refractivity contribution is 5.51. The highest BCUT2D eigenvalue weighted by Gasteiger charge is 2.46. The lowest BCUT2D eigenvalue weighted by Crippen LogP contribution is -2.50. The van der Waals surface area contributed by atoms with Crippen LogP contribution < -0.4 is 10.6 Å². The number of nitrogens with two attached hydrogens (primary N) is 1. The summed E-state index contributed by atoms with van der Waals surface area (Å²) < 4.78 is 5.20. The molecule has 2 aromatic rings. The summed E-state index contributed by atoms with van der Waals surface area (Å²) in [5.74, 6) is 1.64. The summed E-state index contributed by atoms with van der Waals surface area (Å²) >= 11 is 0. The Kier molecular flexibility index (Phi) is 6.14. The Morgan fingerprint density at radius 3 is 2.71 bits per heavy atom. The van der Waals surface area contributed by atoms with Crippen LogP contribution in [0.3, 0.4) is 0 Å². The maximum absolute atomic E-state index is 5.99. The lowest BCUT2D eigenvalue weighted by atomic mass is 9.80. The average molecular weight is 417 g/mol. The number of fused-ring (bicyclic) bond motifs is 2. The second kappa shape index (κ2) is 8.98. The Balaban J connectivity index is 1.57. The topological polar surface area (TPSA) is 54.6 Å². The molecule has 2 aliphatic heterocycles. The van der Waals surface area contributed by atoms with Crippen LogP contribution in [0.1, 0.15) is 30.9 Å². The number of rotatable bonds is 6. The minimum Gasteiger partial charge on any atom is -0.497 e. The summed E-state index contributed by atoms with van der Waals surface area (Å²) in [6, 6.07) is 12.7. The van der Waals surface area contributed by atoms with Gasteiger partial charge in [0.15, 0.2) is 0 Å². The molecule has 3 heterocycles. The predicted octanol–water partition coefficient (Wildman–Crippen LogP) is 4.64. The molecule has 31 heavy (non-hydrogen) atoms. The molecule has 4 rings (SSSR count). The van der Waals surface area contributed by atoms with Crippen molar-refractivity contribution in [2.45, 2.75) is 31.8 Å². The zero-order valence-corrected chi connectivity index (χ0v) is 18.6. The van der Waals surface area contributed by atoms with E-state index in [0.29, 0.717) is 5.76 Å². The molecule has 1 aromatic carbocycles. The molecule has 1 aromatic heterocycles. The fourth-order valence-corrected chi connectivity index (χ4v) is 4.87. The maximum Gasteiger partial charge on any atom is 0.130 e. The molecule has 2 N–H and O–H groups in total. The zero-order valence-electron chi connectivity index (χ0n) is 18.6. The number of benzene rings is 1. The highest BCUT2D eigenvalue weighted by Crippen LogP contribution is 2.47. The van der Waals surface area contributed by atoms with Crippen LogP contribution >= 0.6 is 0 Å². The van der Waals surface area contributed by atoms with Gasteiger partial charge in [-0.25, -0.2) is 4.98 Å². The van der Waals surface area contributed by atoms with Crippen molar-refractivity contribution in [3.63, 3.8) is 0 Å². The normalized spacial score (nSPS) is 18.5. The Bertz CT molecular complexity index is 1000. The van der Waals surface area contributed by atoms with Gasteiger partial charge in [-0.15, -0.1) is 0 Å². The van der Waals surface area contributed by atoms with E-state index in [1.54, 1.807) is 13.3 Å². The number of nitrogens with zero attached hydrogens (tertiary/aromatic N) is 3. The predicted molar refractivity (Wildman–Crippen MR) is 128 cm³/mol. The van der Waals surface area contributed by atoms with Crippen molar-refractivity contribution in [1.29, 1.82) is 0 Å². The zero-order chi connectivity index (χ0) is 21.8. The summed E-state index contributed by atoms with van der Waals surface area (Å²) in [4.78, 5) is 9.56. The van der Waals surface area contributed by atoms with E-state index in [1.165, 1.54) is 16.7 Å². The molecule has 5 heteroatoms. The highest BCUT2D eigenvalue weighted by atomic mass is 16.5. The number of pyridine rings is 1. The third kappa shape index (κ3) is 4.23. The first-order valence-corrected chi connectivity index (χ1v) is 10.9. The van der Waals surface area contributed by atoms with Crippen LogP contribution in [-0.2, 0) is 16.8 Å². The Hall–Kier alpha value is -3.05. The van der Waals surface area contributed by atoms with Gasteiger partial charge in [-0.2, -0.15) is 0 Å². The summed E-state index contributed by atoms with van der Waals surface area (Å²) in [7, 11) is 1.65. The van der Waals surface area contributed by atoms with E-state index in [4.69, 9.17) is 10.5 Å². The van der Waals surface area contributed by atoms with Crippen molar-refractivity contribution in [2.24, 2.45) is 0 Å². The van der Waals surface area contributed by atoms with E-state index in [2.05, 4.69) is 64.7 Å². The first-order chi connectivity index (χ1) is 15.1. The summed E-state index contributed by atoms with van der Waals surface area (Å²) in [6.07, 6.45) is 10.2. The second-order valence-corrected chi connectivity index (χ2v) is 8.35. The molecular weight excluding hydrogens is 384 g/mol. The van der Waals surface area contributed by atoms with Crippen molar-refractivity contribution in [1.82, 2.24) is 9.88 Å². The number of hydrogen-bond acceptors (Lipinski definition) is 5. The number of anilines is 2. The molecule has 0 radical (unpaired) electrons. The lowest BCUT2D eigenvalue weighted by molar-refractivity contribution is 0.0852. The van der Waals surface area contributed by atoms with Gasteiger partial charge in [-0.3, -0.25) is 4.90 Å². The Morgan fingerprint density at radius 2 is 2.00 bits per heavy atom. The fourth-order valence-electron chi connectivity index (χ4n) is 4.87. The van der Waals surface area contributed by atoms with E-state index in [0.717, 1.165) is 50.5 Å². The molecule has 0 saturated carbocycles. The smallest absolute Gasteiger partial charge is 0.130 e. The van der Waals surface area contributed by atoms with Gasteiger partial charge in [0, 0.05) is 44.1 Å². The Morgan fingerprint density at radius 1 is 1.23 bits per heavy atom. The van der Waals surface area contributed by atoms with Crippen molar-refractivity contribution in [3.05, 3.63) is 89.9 Å². The van der Waals surface area contributed by atoms with Gasteiger partial charge in [0.1, 0.15) is 11.6 Å². The number of methoxy groups -OCH3 is 1. The molecule has 0 unspecified atom stereocenters. The number of nitrogen functional groups attached to an aromatic ring is 1. The van der Waals surface area contributed by atoms with E-state index in [-0.39, 0.29) is 5.54 Å². The number of hydrogen-bond donors (Lipinski definition) is 1. The van der Waals surface area contributed by atoms with Gasteiger partial charge in [0.05, 0.1) is 12.6 Å². The third-order valence-corrected chi connectivity index (χ3v) is 6.66. The van der Waals surface area contributed by atoms with E-state index < -0.39 is 0 Å². The van der Waals surface area contributed by atoms with Gasteiger partial charge in [-0.1, -0.05) is 43.0 Å².